The average molecular weight is 303 g/mol. The minimum Gasteiger partial charge on any atom is -0.375 e. The van der Waals surface area contributed by atoms with E-state index in [0.717, 1.165) is 5.69 Å². The highest BCUT2D eigenvalue weighted by Crippen LogP contribution is 2.27. The molecule has 21 heavy (non-hydrogen) atoms. The molecule has 3 aromatic rings. The molecule has 8 nitrogen and oxygen atoms in total. The van der Waals surface area contributed by atoms with Crippen molar-refractivity contribution in [3.63, 3.8) is 0 Å². The van der Waals surface area contributed by atoms with E-state index in [2.05, 4.69) is 15.1 Å². The molecule has 0 spiro atoms. The van der Waals surface area contributed by atoms with Crippen LogP contribution < -0.4 is 5.73 Å². The summed E-state index contributed by atoms with van der Waals surface area (Å²) >= 11 is 1.32. The lowest BCUT2D eigenvalue weighted by atomic mass is 10.2. The first-order chi connectivity index (χ1) is 10.1. The van der Waals surface area contributed by atoms with Crippen LogP contribution in [0.15, 0.2) is 34.2 Å². The molecule has 2 heterocycles. The van der Waals surface area contributed by atoms with E-state index in [4.69, 9.17) is 10.3 Å². The highest BCUT2D eigenvalue weighted by molar-refractivity contribution is 7.13. The number of nitro groups is 1. The van der Waals surface area contributed by atoms with E-state index in [1.165, 1.54) is 17.4 Å². The van der Waals surface area contributed by atoms with Crippen LogP contribution in [0.1, 0.15) is 11.6 Å². The Balaban J connectivity index is 1.90. The molecule has 3 rings (SSSR count). The Morgan fingerprint density at radius 2 is 2.14 bits per heavy atom. The Morgan fingerprint density at radius 3 is 2.86 bits per heavy atom. The smallest absolute Gasteiger partial charge is 0.280 e. The lowest BCUT2D eigenvalue weighted by molar-refractivity contribution is -0.384. The summed E-state index contributed by atoms with van der Waals surface area (Å²) in [7, 11) is 0. The van der Waals surface area contributed by atoms with E-state index < -0.39 is 4.92 Å². The Hall–Kier alpha value is -2.81. The quantitative estimate of drug-likeness (QED) is 0.579. The second kappa shape index (κ2) is 5.29. The SMILES string of the molecule is Nc1nc(Cc2nc(-c3ccccc3[N+](=O)[O-])no2)cs1. The van der Waals surface area contributed by atoms with Crippen LogP contribution in [0.4, 0.5) is 10.8 Å². The number of nitrogens with two attached hydrogens (primary N) is 1. The summed E-state index contributed by atoms with van der Waals surface area (Å²) in [5.74, 6) is 0.508. The van der Waals surface area contributed by atoms with Gasteiger partial charge in [0.15, 0.2) is 5.13 Å². The van der Waals surface area contributed by atoms with E-state index in [1.807, 2.05) is 0 Å². The van der Waals surface area contributed by atoms with Crippen molar-refractivity contribution in [3.05, 3.63) is 51.3 Å². The normalized spacial score (nSPS) is 10.7. The summed E-state index contributed by atoms with van der Waals surface area (Å²) in [6, 6.07) is 6.24. The molecule has 2 N–H and O–H groups in total. The number of thiazole rings is 1. The summed E-state index contributed by atoms with van der Waals surface area (Å²) < 4.78 is 5.11. The van der Waals surface area contributed by atoms with Crippen LogP contribution in [-0.2, 0) is 6.42 Å². The van der Waals surface area contributed by atoms with E-state index >= 15 is 0 Å². The van der Waals surface area contributed by atoms with Crippen LogP contribution in [0.5, 0.6) is 0 Å². The van der Waals surface area contributed by atoms with E-state index in [1.54, 1.807) is 23.6 Å². The fourth-order valence-corrected chi connectivity index (χ4v) is 2.38. The number of nitrogens with zero attached hydrogens (tertiary/aromatic N) is 4. The lowest BCUT2D eigenvalue weighted by Gasteiger charge is -1.96. The fraction of sp³-hybridized carbons (Fsp3) is 0.0833. The maximum atomic E-state index is 11.0. The maximum absolute atomic E-state index is 11.0. The molecule has 0 fully saturated rings. The highest BCUT2D eigenvalue weighted by atomic mass is 32.1. The molecule has 106 valence electrons. The Bertz CT molecular complexity index is 798. The molecule has 0 saturated heterocycles. The van der Waals surface area contributed by atoms with Gasteiger partial charge in [-0.05, 0) is 6.07 Å². The van der Waals surface area contributed by atoms with Gasteiger partial charge in [0.25, 0.3) is 5.69 Å². The second-order valence-electron chi connectivity index (χ2n) is 4.14. The van der Waals surface area contributed by atoms with Crippen LogP contribution in [0, 0.1) is 10.1 Å². The van der Waals surface area contributed by atoms with Crippen LogP contribution in [-0.4, -0.2) is 20.0 Å². The minimum atomic E-state index is -0.480. The molecule has 0 saturated carbocycles. The summed E-state index contributed by atoms with van der Waals surface area (Å²) in [6.45, 7) is 0. The van der Waals surface area contributed by atoms with Crippen molar-refractivity contribution >= 4 is 22.2 Å². The molecule has 0 bridgehead atoms. The van der Waals surface area contributed by atoms with Crippen LogP contribution in [0.25, 0.3) is 11.4 Å². The largest absolute Gasteiger partial charge is 0.375 e. The molecule has 0 aliphatic heterocycles. The van der Waals surface area contributed by atoms with Gasteiger partial charge >= 0.3 is 0 Å². The van der Waals surface area contributed by atoms with Crippen molar-refractivity contribution in [2.24, 2.45) is 0 Å². The third-order valence-corrected chi connectivity index (χ3v) is 3.43. The van der Waals surface area contributed by atoms with Crippen LogP contribution in [0.3, 0.4) is 0 Å². The Morgan fingerprint density at radius 1 is 1.33 bits per heavy atom. The molecule has 0 unspecified atom stereocenters. The maximum Gasteiger partial charge on any atom is 0.280 e. The van der Waals surface area contributed by atoms with Gasteiger partial charge in [-0.2, -0.15) is 4.98 Å². The first kappa shape index (κ1) is 13.2. The van der Waals surface area contributed by atoms with Crippen molar-refractivity contribution < 1.29 is 9.45 Å². The lowest BCUT2D eigenvalue weighted by Crippen LogP contribution is -1.93. The third-order valence-electron chi connectivity index (χ3n) is 2.71. The predicted molar refractivity (Wildman–Crippen MR) is 75.7 cm³/mol. The second-order valence-corrected chi connectivity index (χ2v) is 5.03. The zero-order chi connectivity index (χ0) is 14.8. The van der Waals surface area contributed by atoms with Gasteiger partial charge in [-0.15, -0.1) is 11.3 Å². The van der Waals surface area contributed by atoms with Gasteiger partial charge in [0.05, 0.1) is 17.0 Å². The third kappa shape index (κ3) is 2.72. The van der Waals surface area contributed by atoms with Crippen LogP contribution in [0.2, 0.25) is 0 Å². The monoisotopic (exact) mass is 303 g/mol. The minimum absolute atomic E-state index is 0.0669. The molecular formula is C12H9N5O3S. The van der Waals surface area contributed by atoms with Gasteiger partial charge in [0.2, 0.25) is 11.7 Å². The highest BCUT2D eigenvalue weighted by Gasteiger charge is 2.19. The Labute approximate surface area is 122 Å². The van der Waals surface area contributed by atoms with Gasteiger partial charge in [-0.25, -0.2) is 4.98 Å². The summed E-state index contributed by atoms with van der Waals surface area (Å²) in [4.78, 5) is 18.8. The van der Waals surface area contributed by atoms with Crippen molar-refractivity contribution in [1.82, 2.24) is 15.1 Å². The van der Waals surface area contributed by atoms with E-state index in [9.17, 15) is 10.1 Å². The van der Waals surface area contributed by atoms with Gasteiger partial charge in [-0.1, -0.05) is 17.3 Å². The molecule has 0 aliphatic carbocycles. The van der Waals surface area contributed by atoms with E-state index in [0.29, 0.717) is 23.0 Å². The van der Waals surface area contributed by atoms with Crippen molar-refractivity contribution in [2.45, 2.75) is 6.42 Å². The number of nitrogen functional groups attached to an aromatic ring is 1. The number of aromatic nitrogens is 3. The molecule has 2 aromatic heterocycles. The molecule has 0 atom stereocenters. The summed E-state index contributed by atoms with van der Waals surface area (Å²) in [5, 5.41) is 17.0. The van der Waals surface area contributed by atoms with E-state index in [-0.39, 0.29) is 11.5 Å². The number of hydrogen-bond donors (Lipinski definition) is 1. The fourth-order valence-electron chi connectivity index (χ4n) is 1.82. The average Bonchev–Trinajstić information content (AvgIpc) is 3.08. The molecule has 0 amide bonds. The predicted octanol–water partition coefficient (Wildman–Crippen LogP) is 2.27. The van der Waals surface area contributed by atoms with Gasteiger partial charge in [0.1, 0.15) is 5.56 Å². The van der Waals surface area contributed by atoms with Crippen molar-refractivity contribution in [1.29, 1.82) is 0 Å². The zero-order valence-electron chi connectivity index (χ0n) is 10.6. The first-order valence-electron chi connectivity index (χ1n) is 5.90. The van der Waals surface area contributed by atoms with Crippen molar-refractivity contribution in [3.8, 4) is 11.4 Å². The van der Waals surface area contributed by atoms with Crippen molar-refractivity contribution in [2.75, 3.05) is 5.73 Å². The summed E-state index contributed by atoms with van der Waals surface area (Å²) in [5.41, 5.74) is 6.51. The summed E-state index contributed by atoms with van der Waals surface area (Å²) in [6.07, 6.45) is 0.335. The standard InChI is InChI=1S/C12H9N5O3S/c13-12-14-7(6-21-12)5-10-15-11(16-20-10)8-3-1-2-4-9(8)17(18)19/h1-4,6H,5H2,(H2,13,14). The Kier molecular flexibility index (Phi) is 3.32. The number of nitro benzene ring substituents is 1. The van der Waals surface area contributed by atoms with Crippen LogP contribution >= 0.6 is 11.3 Å². The topological polar surface area (TPSA) is 121 Å². The number of benzene rings is 1. The number of hydrogen-bond acceptors (Lipinski definition) is 8. The number of para-hydroxylation sites is 1. The molecule has 0 radical (unpaired) electrons. The molecule has 0 aliphatic rings. The zero-order valence-corrected chi connectivity index (χ0v) is 11.4. The number of rotatable bonds is 4. The van der Waals surface area contributed by atoms with Gasteiger partial charge in [0, 0.05) is 11.4 Å². The first-order valence-corrected chi connectivity index (χ1v) is 6.77. The van der Waals surface area contributed by atoms with Gasteiger partial charge < -0.3 is 10.3 Å². The molecule has 9 heteroatoms. The molecular weight excluding hydrogens is 294 g/mol. The number of anilines is 1. The van der Waals surface area contributed by atoms with Gasteiger partial charge in [-0.3, -0.25) is 10.1 Å². The molecule has 1 aromatic carbocycles.